The Morgan fingerprint density at radius 1 is 0.287 bits per heavy atom. The summed E-state index contributed by atoms with van der Waals surface area (Å²) in [6.07, 6.45) is 56.8. The highest BCUT2D eigenvalue weighted by atomic mass is 31.2. The Kier molecular flexibility index (Phi) is 66.8. The lowest BCUT2D eigenvalue weighted by Crippen LogP contribution is -2.30. The number of hydrogen-bond donors (Lipinski definition) is 3. The number of rotatable bonds is 75. The van der Waals surface area contributed by atoms with Gasteiger partial charge in [0.05, 0.1) is 26.4 Å². The van der Waals surface area contributed by atoms with Gasteiger partial charge in [-0.2, -0.15) is 0 Å². The molecule has 0 radical (unpaired) electrons. The van der Waals surface area contributed by atoms with Gasteiger partial charge in [0.25, 0.3) is 0 Å². The Balaban J connectivity index is 5.21. The Morgan fingerprint density at radius 2 is 0.489 bits per heavy atom. The second-order valence-electron chi connectivity index (χ2n) is 27.5. The van der Waals surface area contributed by atoms with Gasteiger partial charge in [0.15, 0.2) is 12.2 Å². The fourth-order valence-corrected chi connectivity index (χ4v) is 13.1. The van der Waals surface area contributed by atoms with E-state index in [1.165, 1.54) is 218 Å². The van der Waals surface area contributed by atoms with Crippen molar-refractivity contribution in [3.63, 3.8) is 0 Å². The van der Waals surface area contributed by atoms with Crippen LogP contribution in [0.1, 0.15) is 394 Å². The van der Waals surface area contributed by atoms with Crippen molar-refractivity contribution in [3.8, 4) is 0 Å². The number of phosphoric acid groups is 2. The third-order valence-corrected chi connectivity index (χ3v) is 19.4. The summed E-state index contributed by atoms with van der Waals surface area (Å²) in [6, 6.07) is 0. The van der Waals surface area contributed by atoms with Crippen LogP contribution in [0.15, 0.2) is 0 Å². The Labute approximate surface area is 575 Å². The van der Waals surface area contributed by atoms with E-state index in [0.29, 0.717) is 25.7 Å². The smallest absolute Gasteiger partial charge is 0.462 e. The molecule has 0 heterocycles. The number of hydrogen-bond acceptors (Lipinski definition) is 15. The van der Waals surface area contributed by atoms with Crippen LogP contribution in [0.5, 0.6) is 0 Å². The monoisotopic (exact) mass is 1380 g/mol. The quantitative estimate of drug-likeness (QED) is 0.0222. The SMILES string of the molecule is CCCCCCCCCCCCCCCCCCCCC(=O)O[C@H](COC(=O)CCCCCCCCCCCCCCCC(C)C)COP(=O)(O)OC[C@@H](O)COP(=O)(O)OC[C@@H](COC(=O)CCCCCCCCCCCC)OC(=O)CCCCCCCCCCCC. The number of carbonyl (C=O) groups is 4. The summed E-state index contributed by atoms with van der Waals surface area (Å²) in [7, 11) is -9.90. The summed E-state index contributed by atoms with van der Waals surface area (Å²) in [6.45, 7) is 7.29. The third kappa shape index (κ3) is 68.6. The molecule has 0 aliphatic carbocycles. The van der Waals surface area contributed by atoms with Crippen molar-refractivity contribution >= 4 is 39.5 Å². The Morgan fingerprint density at radius 3 is 0.723 bits per heavy atom. The van der Waals surface area contributed by atoms with E-state index in [4.69, 9.17) is 37.0 Å². The second kappa shape index (κ2) is 68.2. The van der Waals surface area contributed by atoms with E-state index < -0.39 is 97.5 Å². The molecule has 0 spiro atoms. The van der Waals surface area contributed by atoms with E-state index in [-0.39, 0.29) is 25.7 Å². The zero-order valence-electron chi connectivity index (χ0n) is 61.1. The first-order valence-corrected chi connectivity index (χ1v) is 42.1. The van der Waals surface area contributed by atoms with Gasteiger partial charge in [-0.05, 0) is 31.6 Å². The van der Waals surface area contributed by atoms with Crippen LogP contribution in [0.3, 0.4) is 0 Å². The Bertz CT molecular complexity index is 1810. The minimum Gasteiger partial charge on any atom is -0.462 e. The first kappa shape index (κ1) is 92.1. The maximum Gasteiger partial charge on any atom is 0.472 e. The van der Waals surface area contributed by atoms with E-state index in [1.54, 1.807) is 0 Å². The molecule has 17 nitrogen and oxygen atoms in total. The number of aliphatic hydroxyl groups excluding tert-OH is 1. The van der Waals surface area contributed by atoms with Gasteiger partial charge in [-0.15, -0.1) is 0 Å². The molecule has 0 aliphatic rings. The predicted molar refractivity (Wildman–Crippen MR) is 382 cm³/mol. The molecule has 0 saturated carbocycles. The molecular formula is C75H146O17P2. The molecule has 0 bridgehead atoms. The van der Waals surface area contributed by atoms with Gasteiger partial charge in [0, 0.05) is 25.7 Å². The lowest BCUT2D eigenvalue weighted by molar-refractivity contribution is -0.161. The first-order chi connectivity index (χ1) is 45.5. The highest BCUT2D eigenvalue weighted by Gasteiger charge is 2.30. The second-order valence-corrected chi connectivity index (χ2v) is 30.4. The zero-order valence-corrected chi connectivity index (χ0v) is 62.9. The van der Waals surface area contributed by atoms with Crippen LogP contribution in [0.4, 0.5) is 0 Å². The summed E-state index contributed by atoms with van der Waals surface area (Å²) in [5, 5.41) is 10.6. The maximum atomic E-state index is 13.1. The fourth-order valence-electron chi connectivity index (χ4n) is 11.5. The van der Waals surface area contributed by atoms with Crippen molar-refractivity contribution in [3.05, 3.63) is 0 Å². The standard InChI is InChI=1S/C75H146O17P2/c1-6-9-12-15-18-21-24-25-26-27-28-29-32-36-41-46-51-56-61-75(80)92-71(65-86-73(78)59-54-49-44-40-35-33-30-31-34-37-42-47-52-57-68(4)5)67-90-94(83,84)88-63-69(76)62-87-93(81,82)89-66-70(91-74(79)60-55-50-45-39-23-20-17-14-11-8-3)64-85-72(77)58-53-48-43-38-22-19-16-13-10-7-2/h68-71,76H,6-67H2,1-5H3,(H,81,82)(H,83,84)/t69-,70+,71+/m0/s1. The average molecular weight is 1380 g/mol. The summed E-state index contributed by atoms with van der Waals surface area (Å²) in [4.78, 5) is 72.7. The van der Waals surface area contributed by atoms with E-state index in [0.717, 1.165) is 95.8 Å². The molecule has 0 aromatic heterocycles. The van der Waals surface area contributed by atoms with Gasteiger partial charge >= 0.3 is 39.5 Å². The number of phosphoric ester groups is 2. The van der Waals surface area contributed by atoms with Gasteiger partial charge < -0.3 is 33.8 Å². The van der Waals surface area contributed by atoms with E-state index >= 15 is 0 Å². The van der Waals surface area contributed by atoms with E-state index in [1.807, 2.05) is 0 Å². The molecule has 0 saturated heterocycles. The van der Waals surface area contributed by atoms with Crippen molar-refractivity contribution in [1.29, 1.82) is 0 Å². The van der Waals surface area contributed by atoms with Gasteiger partial charge in [0.1, 0.15) is 19.3 Å². The van der Waals surface area contributed by atoms with Gasteiger partial charge in [-0.3, -0.25) is 37.3 Å². The lowest BCUT2D eigenvalue weighted by Gasteiger charge is -2.21. The molecule has 19 heteroatoms. The molecule has 0 aromatic rings. The molecule has 5 atom stereocenters. The molecule has 3 N–H and O–H groups in total. The molecule has 558 valence electrons. The molecule has 0 fully saturated rings. The largest absolute Gasteiger partial charge is 0.472 e. The van der Waals surface area contributed by atoms with Crippen LogP contribution >= 0.6 is 15.6 Å². The van der Waals surface area contributed by atoms with Crippen molar-refractivity contribution in [2.24, 2.45) is 5.92 Å². The molecular weight excluding hydrogens is 1230 g/mol. The van der Waals surface area contributed by atoms with Crippen molar-refractivity contribution in [2.75, 3.05) is 39.6 Å². The Hall–Kier alpha value is -1.94. The number of unbranched alkanes of at least 4 members (excludes halogenated alkanes) is 47. The van der Waals surface area contributed by atoms with E-state index in [2.05, 4.69) is 34.6 Å². The number of esters is 4. The summed E-state index contributed by atoms with van der Waals surface area (Å²) in [5.41, 5.74) is 0. The normalized spacial score (nSPS) is 14.0. The zero-order chi connectivity index (χ0) is 69.1. The molecule has 2 unspecified atom stereocenters. The van der Waals surface area contributed by atoms with Crippen molar-refractivity contribution in [2.45, 2.75) is 412 Å². The molecule has 0 rings (SSSR count). The molecule has 0 aromatic carbocycles. The average Bonchev–Trinajstić information content (AvgIpc) is 1.47. The predicted octanol–water partition coefficient (Wildman–Crippen LogP) is 22.1. The van der Waals surface area contributed by atoms with Gasteiger partial charge in [-0.25, -0.2) is 9.13 Å². The van der Waals surface area contributed by atoms with Gasteiger partial charge in [-0.1, -0.05) is 343 Å². The first-order valence-electron chi connectivity index (χ1n) is 39.1. The number of carbonyl (C=O) groups excluding carboxylic acids is 4. The van der Waals surface area contributed by atoms with Crippen LogP contribution in [0.25, 0.3) is 0 Å². The summed E-state index contributed by atoms with van der Waals surface area (Å²) < 4.78 is 68.4. The summed E-state index contributed by atoms with van der Waals surface area (Å²) >= 11 is 0. The van der Waals surface area contributed by atoms with Crippen LogP contribution in [-0.2, 0) is 65.4 Å². The van der Waals surface area contributed by atoms with Gasteiger partial charge in [0.2, 0.25) is 0 Å². The maximum absolute atomic E-state index is 13.1. The molecule has 0 aliphatic heterocycles. The number of ether oxygens (including phenoxy) is 4. The van der Waals surface area contributed by atoms with Crippen LogP contribution < -0.4 is 0 Å². The molecule has 94 heavy (non-hydrogen) atoms. The number of aliphatic hydroxyl groups is 1. The highest BCUT2D eigenvalue weighted by Crippen LogP contribution is 2.45. The van der Waals surface area contributed by atoms with Crippen LogP contribution in [0, 0.1) is 5.92 Å². The fraction of sp³-hybridized carbons (Fsp3) is 0.947. The van der Waals surface area contributed by atoms with Crippen molar-refractivity contribution < 1.29 is 80.2 Å². The third-order valence-electron chi connectivity index (χ3n) is 17.5. The minimum absolute atomic E-state index is 0.107. The molecule has 0 amide bonds. The minimum atomic E-state index is -4.96. The van der Waals surface area contributed by atoms with E-state index in [9.17, 15) is 43.2 Å². The van der Waals surface area contributed by atoms with Crippen LogP contribution in [-0.4, -0.2) is 96.7 Å². The van der Waals surface area contributed by atoms with Crippen molar-refractivity contribution in [1.82, 2.24) is 0 Å². The summed E-state index contributed by atoms with van der Waals surface area (Å²) in [5.74, 6) is -1.32. The van der Waals surface area contributed by atoms with Crippen LogP contribution in [0.2, 0.25) is 0 Å². The highest BCUT2D eigenvalue weighted by molar-refractivity contribution is 7.47. The lowest BCUT2D eigenvalue weighted by atomic mass is 10.0. The topological polar surface area (TPSA) is 237 Å².